The molecule has 0 atom stereocenters. The van der Waals surface area contributed by atoms with E-state index < -0.39 is 5.60 Å². The van der Waals surface area contributed by atoms with E-state index in [4.69, 9.17) is 4.74 Å². The van der Waals surface area contributed by atoms with Crippen LogP contribution in [-0.2, 0) is 16.0 Å². The molecule has 0 unspecified atom stereocenters. The maximum Gasteiger partial charge on any atom is 0.410 e. The highest BCUT2D eigenvalue weighted by molar-refractivity contribution is 5.91. The summed E-state index contributed by atoms with van der Waals surface area (Å²) >= 11 is 0. The van der Waals surface area contributed by atoms with E-state index >= 15 is 0 Å². The van der Waals surface area contributed by atoms with Gasteiger partial charge in [-0.2, -0.15) is 0 Å². The first-order valence-electron chi connectivity index (χ1n) is 10.0. The summed E-state index contributed by atoms with van der Waals surface area (Å²) in [5.74, 6) is 0.388. The molecule has 0 saturated heterocycles. The van der Waals surface area contributed by atoms with Gasteiger partial charge in [-0.1, -0.05) is 18.2 Å². The summed E-state index contributed by atoms with van der Waals surface area (Å²) in [5.41, 5.74) is 3.10. The number of hydrogen-bond acceptors (Lipinski definition) is 5. The van der Waals surface area contributed by atoms with E-state index in [1.165, 1.54) is 0 Å². The predicted molar refractivity (Wildman–Crippen MR) is 116 cm³/mol. The van der Waals surface area contributed by atoms with Gasteiger partial charge in [0.2, 0.25) is 5.91 Å². The van der Waals surface area contributed by atoms with E-state index in [1.54, 1.807) is 23.4 Å². The fraction of sp³-hybridized carbons (Fsp3) is 0.391. The van der Waals surface area contributed by atoms with E-state index in [0.717, 1.165) is 28.8 Å². The van der Waals surface area contributed by atoms with Crippen molar-refractivity contribution in [2.75, 3.05) is 18.4 Å². The van der Waals surface area contributed by atoms with Crippen LogP contribution in [0.3, 0.4) is 0 Å². The summed E-state index contributed by atoms with van der Waals surface area (Å²) in [6.07, 6.45) is 6.16. The molecule has 7 nitrogen and oxygen atoms in total. The van der Waals surface area contributed by atoms with Gasteiger partial charge in [-0.15, -0.1) is 0 Å². The number of nitrogens with zero attached hydrogens (tertiary/aromatic N) is 3. The smallest absolute Gasteiger partial charge is 0.410 e. The first-order valence-corrected chi connectivity index (χ1v) is 10.0. The molecule has 30 heavy (non-hydrogen) atoms. The molecule has 7 heteroatoms. The summed E-state index contributed by atoms with van der Waals surface area (Å²) in [4.78, 5) is 35.0. The maximum atomic E-state index is 12.3. The Balaban J connectivity index is 1.58. The van der Waals surface area contributed by atoms with Crippen molar-refractivity contribution in [1.29, 1.82) is 0 Å². The molecule has 3 rings (SSSR count). The monoisotopic (exact) mass is 408 g/mol. The lowest BCUT2D eigenvalue weighted by Gasteiger charge is -2.30. The number of aromatic nitrogens is 2. The number of pyridine rings is 2. The summed E-state index contributed by atoms with van der Waals surface area (Å²) in [5, 5.41) is 2.79. The molecule has 2 aromatic heterocycles. The Hall–Kier alpha value is -3.22. The first-order chi connectivity index (χ1) is 14.2. The van der Waals surface area contributed by atoms with Crippen LogP contribution in [0.4, 0.5) is 10.6 Å². The summed E-state index contributed by atoms with van der Waals surface area (Å²) in [7, 11) is 0. The summed E-state index contributed by atoms with van der Waals surface area (Å²) in [6.45, 7) is 8.61. The van der Waals surface area contributed by atoms with Crippen LogP contribution in [0.25, 0.3) is 5.57 Å². The fourth-order valence-corrected chi connectivity index (χ4v) is 3.04. The van der Waals surface area contributed by atoms with Crippen LogP contribution < -0.4 is 5.32 Å². The standard InChI is InChI=1S/C23H28N4O3/c1-16-7-10-20(25-13-16)26-21(28)12-17-8-9-19(24-14-17)18-6-5-11-27(15-18)22(29)30-23(2,3)4/h6-10,13-14H,5,11-12,15H2,1-4H3,(H,25,26,28). The summed E-state index contributed by atoms with van der Waals surface area (Å²) in [6, 6.07) is 7.45. The average molecular weight is 409 g/mol. The van der Waals surface area contributed by atoms with Gasteiger partial charge < -0.3 is 15.0 Å². The van der Waals surface area contributed by atoms with Crippen LogP contribution in [0.15, 0.2) is 42.7 Å². The Morgan fingerprint density at radius 1 is 1.13 bits per heavy atom. The normalized spacial score (nSPS) is 14.1. The molecule has 0 aliphatic carbocycles. The van der Waals surface area contributed by atoms with E-state index in [1.807, 2.05) is 45.9 Å². The maximum absolute atomic E-state index is 12.3. The molecule has 2 aromatic rings. The van der Waals surface area contributed by atoms with Crippen LogP contribution in [0.1, 0.15) is 44.0 Å². The predicted octanol–water partition coefficient (Wildman–Crippen LogP) is 3.99. The second kappa shape index (κ2) is 9.07. The number of ether oxygens (including phenoxy) is 1. The number of amides is 2. The lowest BCUT2D eigenvalue weighted by molar-refractivity contribution is -0.115. The van der Waals surface area contributed by atoms with Gasteiger partial charge in [0.1, 0.15) is 11.4 Å². The third-order valence-corrected chi connectivity index (χ3v) is 4.50. The second-order valence-corrected chi connectivity index (χ2v) is 8.42. The van der Waals surface area contributed by atoms with Gasteiger partial charge in [0.25, 0.3) is 0 Å². The molecule has 0 fully saturated rings. The van der Waals surface area contributed by atoms with Crippen LogP contribution in [0, 0.1) is 6.92 Å². The van der Waals surface area contributed by atoms with Gasteiger partial charge in [-0.05, 0) is 62.9 Å². The number of anilines is 1. The number of carbonyl (C=O) groups is 2. The number of carbonyl (C=O) groups excluding carboxylic acids is 2. The number of aryl methyl sites for hydroxylation is 1. The lowest BCUT2D eigenvalue weighted by Crippen LogP contribution is -2.39. The van der Waals surface area contributed by atoms with E-state index in [0.29, 0.717) is 18.9 Å². The topological polar surface area (TPSA) is 84.4 Å². The molecular formula is C23H28N4O3. The number of hydrogen-bond donors (Lipinski definition) is 1. The SMILES string of the molecule is Cc1ccc(NC(=O)Cc2ccc(C3=CCCN(C(=O)OC(C)(C)C)C3)nc2)nc1. The van der Waals surface area contributed by atoms with Crippen molar-refractivity contribution in [1.82, 2.24) is 14.9 Å². The number of rotatable bonds is 4. The molecule has 0 aromatic carbocycles. The molecule has 3 heterocycles. The van der Waals surface area contributed by atoms with Crippen molar-refractivity contribution < 1.29 is 14.3 Å². The largest absolute Gasteiger partial charge is 0.444 e. The van der Waals surface area contributed by atoms with Crippen LogP contribution >= 0.6 is 0 Å². The zero-order valence-electron chi connectivity index (χ0n) is 17.9. The minimum absolute atomic E-state index is 0.145. The fourth-order valence-electron chi connectivity index (χ4n) is 3.04. The summed E-state index contributed by atoms with van der Waals surface area (Å²) < 4.78 is 5.47. The van der Waals surface area contributed by atoms with Crippen LogP contribution in [0.2, 0.25) is 0 Å². The third-order valence-electron chi connectivity index (χ3n) is 4.50. The van der Waals surface area contributed by atoms with Gasteiger partial charge in [0.05, 0.1) is 18.7 Å². The highest BCUT2D eigenvalue weighted by Gasteiger charge is 2.25. The lowest BCUT2D eigenvalue weighted by atomic mass is 10.0. The quantitative estimate of drug-likeness (QED) is 0.827. The van der Waals surface area contributed by atoms with Crippen molar-refractivity contribution in [2.45, 2.75) is 46.1 Å². The van der Waals surface area contributed by atoms with Gasteiger partial charge in [0, 0.05) is 18.9 Å². The van der Waals surface area contributed by atoms with Crippen molar-refractivity contribution >= 4 is 23.4 Å². The minimum Gasteiger partial charge on any atom is -0.444 e. The van der Waals surface area contributed by atoms with Crippen molar-refractivity contribution in [3.8, 4) is 0 Å². The number of nitrogens with one attached hydrogen (secondary N) is 1. The Bertz CT molecular complexity index is 928. The molecule has 0 bridgehead atoms. The van der Waals surface area contributed by atoms with Gasteiger partial charge in [-0.25, -0.2) is 9.78 Å². The molecule has 0 spiro atoms. The molecule has 2 amide bonds. The molecule has 1 N–H and O–H groups in total. The van der Waals surface area contributed by atoms with E-state index in [-0.39, 0.29) is 18.4 Å². The van der Waals surface area contributed by atoms with E-state index in [2.05, 4.69) is 21.4 Å². The van der Waals surface area contributed by atoms with Gasteiger partial charge >= 0.3 is 6.09 Å². The van der Waals surface area contributed by atoms with Crippen LogP contribution in [-0.4, -0.2) is 45.6 Å². The van der Waals surface area contributed by atoms with Crippen LogP contribution in [0.5, 0.6) is 0 Å². The molecule has 158 valence electrons. The average Bonchev–Trinajstić information content (AvgIpc) is 2.69. The Morgan fingerprint density at radius 3 is 2.57 bits per heavy atom. The van der Waals surface area contributed by atoms with Gasteiger partial charge in [0.15, 0.2) is 0 Å². The Morgan fingerprint density at radius 2 is 1.93 bits per heavy atom. The third kappa shape index (κ3) is 6.14. The Kier molecular flexibility index (Phi) is 6.50. The first kappa shape index (κ1) is 21.5. The molecule has 0 saturated carbocycles. The molecule has 1 aliphatic heterocycles. The van der Waals surface area contributed by atoms with Crippen molar-refractivity contribution in [3.63, 3.8) is 0 Å². The van der Waals surface area contributed by atoms with Crippen molar-refractivity contribution in [3.05, 3.63) is 59.6 Å². The zero-order chi connectivity index (χ0) is 21.7. The second-order valence-electron chi connectivity index (χ2n) is 8.42. The van der Waals surface area contributed by atoms with Gasteiger partial charge in [-0.3, -0.25) is 9.78 Å². The van der Waals surface area contributed by atoms with E-state index in [9.17, 15) is 9.59 Å². The highest BCUT2D eigenvalue weighted by Crippen LogP contribution is 2.21. The highest BCUT2D eigenvalue weighted by atomic mass is 16.6. The molecular weight excluding hydrogens is 380 g/mol. The Labute approximate surface area is 177 Å². The molecule has 0 radical (unpaired) electrons. The molecule has 1 aliphatic rings. The minimum atomic E-state index is -0.521. The zero-order valence-corrected chi connectivity index (χ0v) is 17.9. The van der Waals surface area contributed by atoms with Crippen molar-refractivity contribution in [2.24, 2.45) is 0 Å².